The number of benzene rings is 2. The number of amides is 1. The lowest BCUT2D eigenvalue weighted by atomic mass is 10.0. The minimum atomic E-state index is -1.07. The van der Waals surface area contributed by atoms with Crippen LogP contribution in [0.3, 0.4) is 0 Å². The third kappa shape index (κ3) is 3.33. The molecule has 0 unspecified atom stereocenters. The van der Waals surface area contributed by atoms with Crippen LogP contribution in [0, 0.1) is 24.5 Å². The Balaban J connectivity index is 1.86. The molecule has 1 aliphatic rings. The molecule has 3 nitrogen and oxygen atoms in total. The number of nitrogens with one attached hydrogen (secondary N) is 1. The van der Waals surface area contributed by atoms with E-state index >= 15 is 0 Å². The summed E-state index contributed by atoms with van der Waals surface area (Å²) in [6.07, 6.45) is 1.97. The molecule has 3 rings (SSSR count). The second-order valence-corrected chi connectivity index (χ2v) is 5.98. The summed E-state index contributed by atoms with van der Waals surface area (Å²) in [7, 11) is 0. The van der Waals surface area contributed by atoms with E-state index in [2.05, 4.69) is 5.32 Å². The Morgan fingerprint density at radius 3 is 2.43 bits per heavy atom. The van der Waals surface area contributed by atoms with Gasteiger partial charge in [-0.3, -0.25) is 4.79 Å². The largest absolute Gasteiger partial charge is 0.507 e. The number of aromatic hydroxyl groups is 1. The van der Waals surface area contributed by atoms with Crippen LogP contribution in [0.1, 0.15) is 40.4 Å². The van der Waals surface area contributed by atoms with E-state index in [0.717, 1.165) is 30.0 Å². The van der Waals surface area contributed by atoms with E-state index < -0.39 is 28.9 Å². The summed E-state index contributed by atoms with van der Waals surface area (Å²) in [6, 6.07) is 8.84. The molecule has 2 aromatic carbocycles. The van der Waals surface area contributed by atoms with Crippen molar-refractivity contribution in [1.29, 1.82) is 0 Å². The highest BCUT2D eigenvalue weighted by Crippen LogP contribution is 2.41. The van der Waals surface area contributed by atoms with E-state index in [4.69, 9.17) is 0 Å². The van der Waals surface area contributed by atoms with Crippen LogP contribution in [-0.2, 0) is 0 Å². The third-order valence-corrected chi connectivity index (χ3v) is 4.08. The highest BCUT2D eigenvalue weighted by Gasteiger charge is 2.34. The molecule has 0 aliphatic heterocycles. The van der Waals surface area contributed by atoms with Gasteiger partial charge < -0.3 is 10.4 Å². The van der Waals surface area contributed by atoms with Gasteiger partial charge in [0, 0.05) is 12.1 Å². The van der Waals surface area contributed by atoms with Crippen molar-refractivity contribution in [1.82, 2.24) is 5.32 Å². The summed E-state index contributed by atoms with van der Waals surface area (Å²) in [5, 5.41) is 12.4. The van der Waals surface area contributed by atoms with Crippen LogP contribution < -0.4 is 5.32 Å². The first-order valence-corrected chi connectivity index (χ1v) is 7.51. The van der Waals surface area contributed by atoms with Crippen molar-refractivity contribution >= 4 is 5.91 Å². The first kappa shape index (κ1) is 15.5. The van der Waals surface area contributed by atoms with Crippen molar-refractivity contribution in [2.75, 3.05) is 0 Å². The van der Waals surface area contributed by atoms with Crippen molar-refractivity contribution < 1.29 is 18.7 Å². The number of hydrogen-bond donors (Lipinski definition) is 2. The van der Waals surface area contributed by atoms with Gasteiger partial charge in [0.15, 0.2) is 0 Å². The summed E-state index contributed by atoms with van der Waals surface area (Å²) in [5.74, 6) is -3.13. The molecule has 2 aromatic rings. The maximum atomic E-state index is 13.8. The normalized spacial score (nSPS) is 15.3. The number of phenolic OH excluding ortho intramolecular Hbond substituents is 1. The molecule has 2 N–H and O–H groups in total. The predicted octanol–water partition coefficient (Wildman–Crippen LogP) is 3.86. The van der Waals surface area contributed by atoms with Gasteiger partial charge in [-0.15, -0.1) is 0 Å². The minimum absolute atomic E-state index is 0.244. The Labute approximate surface area is 133 Å². The Morgan fingerprint density at radius 1 is 1.22 bits per heavy atom. The van der Waals surface area contributed by atoms with Crippen LogP contribution in [0.4, 0.5) is 8.78 Å². The molecule has 1 atom stereocenters. The molecular formula is C18H17F2NO2. The number of hydrogen-bond acceptors (Lipinski definition) is 2. The lowest BCUT2D eigenvalue weighted by molar-refractivity contribution is 0.0924. The van der Waals surface area contributed by atoms with E-state index in [9.17, 15) is 18.7 Å². The highest BCUT2D eigenvalue weighted by atomic mass is 19.1. The number of phenols is 1. The molecule has 1 fully saturated rings. The molecule has 120 valence electrons. The molecule has 0 aromatic heterocycles. The molecule has 0 saturated heterocycles. The highest BCUT2D eigenvalue weighted by molar-refractivity contribution is 5.97. The molecule has 0 bridgehead atoms. The monoisotopic (exact) mass is 317 g/mol. The van der Waals surface area contributed by atoms with Gasteiger partial charge in [0.2, 0.25) is 0 Å². The van der Waals surface area contributed by atoms with Gasteiger partial charge in [0.05, 0.1) is 6.04 Å². The van der Waals surface area contributed by atoms with Gasteiger partial charge >= 0.3 is 0 Å². The molecule has 0 radical (unpaired) electrons. The van der Waals surface area contributed by atoms with Crippen LogP contribution in [0.15, 0.2) is 36.4 Å². The van der Waals surface area contributed by atoms with Crippen molar-refractivity contribution in [3.05, 3.63) is 64.7 Å². The predicted molar refractivity (Wildman–Crippen MR) is 82.1 cm³/mol. The summed E-state index contributed by atoms with van der Waals surface area (Å²) < 4.78 is 26.9. The number of halogens is 2. The zero-order valence-electron chi connectivity index (χ0n) is 12.6. The quantitative estimate of drug-likeness (QED) is 0.899. The lowest BCUT2D eigenvalue weighted by Gasteiger charge is -2.19. The lowest BCUT2D eigenvalue weighted by Crippen LogP contribution is -2.30. The summed E-state index contributed by atoms with van der Waals surface area (Å²) in [4.78, 5) is 12.3. The zero-order chi connectivity index (χ0) is 16.6. The van der Waals surface area contributed by atoms with E-state index in [1.165, 1.54) is 0 Å². The second kappa shape index (κ2) is 5.99. The fraction of sp³-hybridized carbons (Fsp3) is 0.278. The first-order chi connectivity index (χ1) is 11.0. The van der Waals surface area contributed by atoms with Crippen LogP contribution in [0.25, 0.3) is 0 Å². The molecular weight excluding hydrogens is 300 g/mol. The second-order valence-electron chi connectivity index (χ2n) is 5.98. The molecule has 0 heterocycles. The SMILES string of the molecule is Cc1ccc([C@H](NC(=O)c2c(O)cc(F)cc2F)C2CC2)cc1. The number of carbonyl (C=O) groups excluding carboxylic acids is 1. The van der Waals surface area contributed by atoms with Crippen molar-refractivity contribution in [2.45, 2.75) is 25.8 Å². The fourth-order valence-electron chi connectivity index (χ4n) is 2.67. The van der Waals surface area contributed by atoms with Gasteiger partial charge in [0.1, 0.15) is 22.9 Å². The van der Waals surface area contributed by atoms with Gasteiger partial charge in [0.25, 0.3) is 5.91 Å². The van der Waals surface area contributed by atoms with Crippen LogP contribution in [0.5, 0.6) is 5.75 Å². The zero-order valence-corrected chi connectivity index (χ0v) is 12.6. The maximum absolute atomic E-state index is 13.8. The van der Waals surface area contributed by atoms with Gasteiger partial charge in [-0.2, -0.15) is 0 Å². The van der Waals surface area contributed by atoms with E-state index in [-0.39, 0.29) is 6.04 Å². The van der Waals surface area contributed by atoms with Gasteiger partial charge in [-0.05, 0) is 31.2 Å². The Kier molecular flexibility index (Phi) is 4.03. The average molecular weight is 317 g/mol. The number of rotatable bonds is 4. The standard InChI is InChI=1S/C18H17F2NO2/c1-10-2-4-11(5-3-10)17(12-6-7-12)21-18(23)16-14(20)8-13(19)9-15(16)22/h2-5,8-9,12,17,22H,6-7H2,1H3,(H,21,23)/t17-/m0/s1. The molecule has 1 aliphatic carbocycles. The molecule has 5 heteroatoms. The van der Waals surface area contributed by atoms with E-state index in [1.54, 1.807) is 0 Å². The summed E-state index contributed by atoms with van der Waals surface area (Å²) in [5.41, 5.74) is 1.52. The molecule has 1 amide bonds. The molecule has 1 saturated carbocycles. The molecule has 23 heavy (non-hydrogen) atoms. The van der Waals surface area contributed by atoms with E-state index in [0.29, 0.717) is 12.0 Å². The Hall–Kier alpha value is -2.43. The van der Waals surface area contributed by atoms with E-state index in [1.807, 2.05) is 31.2 Å². The Morgan fingerprint density at radius 2 is 1.87 bits per heavy atom. The first-order valence-electron chi connectivity index (χ1n) is 7.51. The number of aryl methyl sites for hydroxylation is 1. The van der Waals surface area contributed by atoms with Crippen molar-refractivity contribution in [2.24, 2.45) is 5.92 Å². The topological polar surface area (TPSA) is 49.3 Å². The third-order valence-electron chi connectivity index (χ3n) is 4.08. The summed E-state index contributed by atoms with van der Waals surface area (Å²) in [6.45, 7) is 1.97. The van der Waals surface area contributed by atoms with Crippen LogP contribution in [-0.4, -0.2) is 11.0 Å². The fourth-order valence-corrected chi connectivity index (χ4v) is 2.67. The summed E-state index contributed by atoms with van der Waals surface area (Å²) >= 11 is 0. The molecule has 0 spiro atoms. The van der Waals surface area contributed by atoms with Gasteiger partial charge in [-0.1, -0.05) is 29.8 Å². The average Bonchev–Trinajstić information content (AvgIpc) is 3.29. The van der Waals surface area contributed by atoms with Crippen LogP contribution in [0.2, 0.25) is 0 Å². The minimum Gasteiger partial charge on any atom is -0.507 e. The van der Waals surface area contributed by atoms with Crippen molar-refractivity contribution in [3.63, 3.8) is 0 Å². The smallest absolute Gasteiger partial charge is 0.258 e. The maximum Gasteiger partial charge on any atom is 0.258 e. The van der Waals surface area contributed by atoms with Crippen molar-refractivity contribution in [3.8, 4) is 5.75 Å². The Bertz CT molecular complexity index is 716. The van der Waals surface area contributed by atoms with Crippen LogP contribution >= 0.6 is 0 Å². The number of carbonyl (C=O) groups is 1. The van der Waals surface area contributed by atoms with Gasteiger partial charge in [-0.25, -0.2) is 8.78 Å².